The number of primary amides is 1. The molecular weight excluding hydrogens is 252 g/mol. The highest BCUT2D eigenvalue weighted by Crippen LogP contribution is 2.05. The maximum absolute atomic E-state index is 11.9. The Morgan fingerprint density at radius 3 is 2.53 bits per heavy atom. The van der Waals surface area contributed by atoms with Crippen LogP contribution < -0.4 is 11.1 Å². The van der Waals surface area contributed by atoms with Crippen molar-refractivity contribution in [1.82, 2.24) is 15.3 Å². The van der Waals surface area contributed by atoms with Crippen LogP contribution in [-0.4, -0.2) is 38.9 Å². The summed E-state index contributed by atoms with van der Waals surface area (Å²) in [6.45, 7) is 3.27. The van der Waals surface area contributed by atoms with Crippen molar-refractivity contribution in [3.05, 3.63) is 23.3 Å². The zero-order chi connectivity index (χ0) is 14.6. The van der Waals surface area contributed by atoms with Gasteiger partial charge in [0.25, 0.3) is 5.91 Å². The summed E-state index contributed by atoms with van der Waals surface area (Å²) in [5, 5.41) is 11.1. The Morgan fingerprint density at radius 2 is 2.05 bits per heavy atom. The third kappa shape index (κ3) is 4.02. The van der Waals surface area contributed by atoms with Gasteiger partial charge >= 0.3 is 5.97 Å². The van der Waals surface area contributed by atoms with Crippen LogP contribution in [0.2, 0.25) is 0 Å². The molecule has 0 aliphatic heterocycles. The lowest BCUT2D eigenvalue weighted by Crippen LogP contribution is -2.43. The first-order valence-electron chi connectivity index (χ1n) is 5.43. The summed E-state index contributed by atoms with van der Waals surface area (Å²) < 4.78 is 0. The molecule has 0 saturated carbocycles. The van der Waals surface area contributed by atoms with Crippen LogP contribution in [0.25, 0.3) is 0 Å². The molecule has 0 aliphatic carbocycles. The van der Waals surface area contributed by atoms with E-state index in [2.05, 4.69) is 15.3 Å². The van der Waals surface area contributed by atoms with Crippen LogP contribution in [0.4, 0.5) is 0 Å². The van der Waals surface area contributed by atoms with Gasteiger partial charge in [-0.25, -0.2) is 14.8 Å². The molecule has 0 unspecified atom stereocenters. The van der Waals surface area contributed by atoms with Crippen LogP contribution in [0.15, 0.2) is 6.20 Å². The quantitative estimate of drug-likeness (QED) is 0.635. The number of nitrogens with two attached hydrogens (primary N) is 1. The largest absolute Gasteiger partial charge is 0.480 e. The molecule has 8 nitrogen and oxygen atoms in total. The van der Waals surface area contributed by atoms with Gasteiger partial charge in [-0.3, -0.25) is 9.59 Å². The minimum Gasteiger partial charge on any atom is -0.480 e. The standard InChI is InChI=1S/C11H14N4O4/c1-5-7(4-13-6(2)14-5)10(17)15-8(11(18)19)3-9(12)16/h4,8H,3H2,1-2H3,(H2,12,16)(H,15,17)(H,18,19)/t8-/m0/s1. The summed E-state index contributed by atoms with van der Waals surface area (Å²) in [6.07, 6.45) is 0.822. The monoisotopic (exact) mass is 266 g/mol. The average Bonchev–Trinajstić information content (AvgIpc) is 2.26. The van der Waals surface area contributed by atoms with Crippen molar-refractivity contribution in [3.8, 4) is 0 Å². The third-order valence-electron chi connectivity index (χ3n) is 2.35. The number of aliphatic carboxylic acids is 1. The number of nitrogens with zero attached hydrogens (tertiary/aromatic N) is 2. The van der Waals surface area contributed by atoms with Crippen LogP contribution in [0.3, 0.4) is 0 Å². The molecule has 0 radical (unpaired) electrons. The first-order valence-corrected chi connectivity index (χ1v) is 5.43. The van der Waals surface area contributed by atoms with Gasteiger partial charge in [0.15, 0.2) is 0 Å². The van der Waals surface area contributed by atoms with Gasteiger partial charge in [-0.2, -0.15) is 0 Å². The minimum atomic E-state index is -1.37. The number of carbonyl (C=O) groups excluding carboxylic acids is 2. The Bertz CT molecular complexity index is 529. The lowest BCUT2D eigenvalue weighted by atomic mass is 10.1. The molecule has 1 aromatic rings. The van der Waals surface area contributed by atoms with Gasteiger partial charge in [-0.05, 0) is 13.8 Å². The van der Waals surface area contributed by atoms with Crippen LogP contribution in [-0.2, 0) is 9.59 Å². The van der Waals surface area contributed by atoms with Gasteiger partial charge in [0.2, 0.25) is 5.91 Å². The first kappa shape index (κ1) is 14.6. The molecule has 0 aliphatic rings. The van der Waals surface area contributed by atoms with Crippen LogP contribution >= 0.6 is 0 Å². The van der Waals surface area contributed by atoms with E-state index in [0.29, 0.717) is 11.5 Å². The van der Waals surface area contributed by atoms with Crippen molar-refractivity contribution in [2.24, 2.45) is 5.73 Å². The van der Waals surface area contributed by atoms with Gasteiger partial charge in [0, 0.05) is 6.20 Å². The summed E-state index contributed by atoms with van der Waals surface area (Å²) in [5.74, 6) is -2.31. The summed E-state index contributed by atoms with van der Waals surface area (Å²) in [6, 6.07) is -1.37. The van der Waals surface area contributed by atoms with Crippen molar-refractivity contribution >= 4 is 17.8 Å². The van der Waals surface area contributed by atoms with Gasteiger partial charge in [-0.15, -0.1) is 0 Å². The van der Waals surface area contributed by atoms with E-state index in [-0.39, 0.29) is 5.56 Å². The van der Waals surface area contributed by atoms with Crippen molar-refractivity contribution in [2.45, 2.75) is 26.3 Å². The van der Waals surface area contributed by atoms with E-state index in [1.807, 2.05) is 0 Å². The zero-order valence-corrected chi connectivity index (χ0v) is 10.5. The Labute approximate surface area is 109 Å². The molecule has 0 fully saturated rings. The predicted molar refractivity (Wildman–Crippen MR) is 64.2 cm³/mol. The molecule has 0 bridgehead atoms. The van der Waals surface area contributed by atoms with E-state index in [1.165, 1.54) is 6.20 Å². The number of carboxylic acids is 1. The average molecular weight is 266 g/mol. The molecule has 19 heavy (non-hydrogen) atoms. The fourth-order valence-electron chi connectivity index (χ4n) is 1.44. The number of nitrogens with one attached hydrogen (secondary N) is 1. The first-order chi connectivity index (χ1) is 8.81. The summed E-state index contributed by atoms with van der Waals surface area (Å²) in [7, 11) is 0. The topological polar surface area (TPSA) is 135 Å². The third-order valence-corrected chi connectivity index (χ3v) is 2.35. The van der Waals surface area contributed by atoms with Crippen molar-refractivity contribution in [3.63, 3.8) is 0 Å². The van der Waals surface area contributed by atoms with E-state index < -0.39 is 30.2 Å². The molecular formula is C11H14N4O4. The Morgan fingerprint density at radius 1 is 1.42 bits per heavy atom. The highest BCUT2D eigenvalue weighted by atomic mass is 16.4. The molecule has 2 amide bonds. The number of hydrogen-bond acceptors (Lipinski definition) is 5. The van der Waals surface area contributed by atoms with E-state index >= 15 is 0 Å². The maximum atomic E-state index is 11.9. The number of carboxylic acid groups (broad SMARTS) is 1. The minimum absolute atomic E-state index is 0.154. The second kappa shape index (κ2) is 5.89. The van der Waals surface area contributed by atoms with Crippen molar-refractivity contribution in [2.75, 3.05) is 0 Å². The zero-order valence-electron chi connectivity index (χ0n) is 10.5. The molecule has 102 valence electrons. The van der Waals surface area contributed by atoms with E-state index in [0.717, 1.165) is 0 Å². The van der Waals surface area contributed by atoms with Crippen molar-refractivity contribution < 1.29 is 19.5 Å². The molecule has 1 heterocycles. The molecule has 8 heteroatoms. The number of carbonyl (C=O) groups is 3. The number of rotatable bonds is 5. The summed E-state index contributed by atoms with van der Waals surface area (Å²) in [5.41, 5.74) is 5.50. The summed E-state index contributed by atoms with van der Waals surface area (Å²) in [4.78, 5) is 41.3. The number of hydrogen-bond donors (Lipinski definition) is 3. The molecule has 0 spiro atoms. The molecule has 1 atom stereocenters. The van der Waals surface area contributed by atoms with E-state index in [1.54, 1.807) is 13.8 Å². The van der Waals surface area contributed by atoms with Gasteiger partial charge in [-0.1, -0.05) is 0 Å². The summed E-state index contributed by atoms with van der Waals surface area (Å²) >= 11 is 0. The lowest BCUT2D eigenvalue weighted by molar-refractivity contribution is -0.140. The normalized spacial score (nSPS) is 11.7. The number of aryl methyl sites for hydroxylation is 2. The fourth-order valence-corrected chi connectivity index (χ4v) is 1.44. The molecule has 1 rings (SSSR count). The fraction of sp³-hybridized carbons (Fsp3) is 0.364. The molecule has 4 N–H and O–H groups in total. The Kier molecular flexibility index (Phi) is 4.51. The highest BCUT2D eigenvalue weighted by molar-refractivity contribution is 5.98. The van der Waals surface area contributed by atoms with Gasteiger partial charge in [0.05, 0.1) is 17.7 Å². The smallest absolute Gasteiger partial charge is 0.326 e. The van der Waals surface area contributed by atoms with Crippen LogP contribution in [0, 0.1) is 13.8 Å². The Balaban J connectivity index is 2.87. The SMILES string of the molecule is Cc1ncc(C(=O)N[C@@H](CC(N)=O)C(=O)O)c(C)n1. The van der Waals surface area contributed by atoms with Gasteiger partial charge < -0.3 is 16.2 Å². The van der Waals surface area contributed by atoms with E-state index in [9.17, 15) is 14.4 Å². The second-order valence-corrected chi connectivity index (χ2v) is 3.95. The second-order valence-electron chi connectivity index (χ2n) is 3.95. The predicted octanol–water partition coefficient (Wildman–Crippen LogP) is -0.848. The highest BCUT2D eigenvalue weighted by Gasteiger charge is 2.23. The van der Waals surface area contributed by atoms with E-state index in [4.69, 9.17) is 10.8 Å². The number of amides is 2. The number of aromatic nitrogens is 2. The Hall–Kier alpha value is -2.51. The van der Waals surface area contributed by atoms with Gasteiger partial charge in [0.1, 0.15) is 11.9 Å². The van der Waals surface area contributed by atoms with Crippen LogP contribution in [0.5, 0.6) is 0 Å². The van der Waals surface area contributed by atoms with Crippen molar-refractivity contribution in [1.29, 1.82) is 0 Å². The maximum Gasteiger partial charge on any atom is 0.326 e. The molecule has 0 saturated heterocycles. The van der Waals surface area contributed by atoms with Crippen LogP contribution in [0.1, 0.15) is 28.3 Å². The molecule has 0 aromatic carbocycles. The lowest BCUT2D eigenvalue weighted by Gasteiger charge is -2.13. The molecule has 1 aromatic heterocycles.